The van der Waals surface area contributed by atoms with Crippen LogP contribution in [0.3, 0.4) is 0 Å². The van der Waals surface area contributed by atoms with Crippen LogP contribution in [-0.2, 0) is 11.2 Å². The Hall–Kier alpha value is -1.92. The number of nitrogens with one attached hydrogen (secondary N) is 2. The number of thiazole rings is 1. The maximum Gasteiger partial charge on any atom is 0.230 e. The highest BCUT2D eigenvalue weighted by Gasteiger charge is 2.18. The minimum absolute atomic E-state index is 0.0404. The fourth-order valence-corrected chi connectivity index (χ4v) is 3.73. The molecular formula is C17H21N3O2S. The summed E-state index contributed by atoms with van der Waals surface area (Å²) in [6.45, 7) is 2.11. The molecular weight excluding hydrogens is 310 g/mol. The molecule has 0 aliphatic carbocycles. The summed E-state index contributed by atoms with van der Waals surface area (Å²) in [6.07, 6.45) is 4.53. The Labute approximate surface area is 140 Å². The first kappa shape index (κ1) is 16.0. The van der Waals surface area contributed by atoms with E-state index in [2.05, 4.69) is 15.6 Å². The van der Waals surface area contributed by atoms with E-state index in [4.69, 9.17) is 4.74 Å². The van der Waals surface area contributed by atoms with Crippen LogP contribution >= 0.6 is 11.3 Å². The molecule has 2 aromatic rings. The second kappa shape index (κ2) is 7.57. The number of nitrogens with zero attached hydrogens (tertiary/aromatic N) is 1. The number of anilines is 1. The summed E-state index contributed by atoms with van der Waals surface area (Å²) in [4.78, 5) is 17.8. The van der Waals surface area contributed by atoms with Crippen molar-refractivity contribution >= 4 is 22.4 Å². The number of rotatable bonds is 5. The quantitative estimate of drug-likeness (QED) is 0.884. The Morgan fingerprint density at radius 3 is 2.78 bits per heavy atom. The number of methoxy groups -OCH3 is 1. The number of benzene rings is 1. The summed E-state index contributed by atoms with van der Waals surface area (Å²) >= 11 is 1.59. The highest BCUT2D eigenvalue weighted by atomic mass is 32.1. The van der Waals surface area contributed by atoms with Crippen LogP contribution in [-0.4, -0.2) is 31.1 Å². The summed E-state index contributed by atoms with van der Waals surface area (Å²) in [7, 11) is 1.63. The summed E-state index contributed by atoms with van der Waals surface area (Å²) < 4.78 is 5.12. The molecule has 0 saturated carbocycles. The van der Waals surface area contributed by atoms with Crippen molar-refractivity contribution in [3.63, 3.8) is 0 Å². The molecule has 0 atom stereocenters. The van der Waals surface area contributed by atoms with Crippen molar-refractivity contribution in [3.05, 3.63) is 40.9 Å². The first-order valence-electron chi connectivity index (χ1n) is 7.84. The molecule has 1 aliphatic rings. The van der Waals surface area contributed by atoms with E-state index in [1.807, 2.05) is 30.5 Å². The molecule has 1 aromatic carbocycles. The lowest BCUT2D eigenvalue weighted by molar-refractivity contribution is -0.115. The largest absolute Gasteiger partial charge is 0.497 e. The lowest BCUT2D eigenvalue weighted by atomic mass is 9.97. The number of hydrogen-bond donors (Lipinski definition) is 2. The van der Waals surface area contributed by atoms with Gasteiger partial charge in [-0.25, -0.2) is 4.98 Å². The summed E-state index contributed by atoms with van der Waals surface area (Å²) in [5.74, 6) is 1.32. The molecule has 23 heavy (non-hydrogen) atoms. The standard InChI is InChI=1S/C17H21N3O2S/c1-22-14-4-2-12(3-5-14)10-16(21)20-17-19-11-15(23-17)13-6-8-18-9-7-13/h2-5,11,13,18H,6-10H2,1H3,(H,19,20,21). The van der Waals surface area contributed by atoms with E-state index in [0.717, 1.165) is 37.2 Å². The number of piperidine rings is 1. The normalized spacial score (nSPS) is 15.3. The molecule has 6 heteroatoms. The average Bonchev–Trinajstić information content (AvgIpc) is 3.04. The molecule has 2 heterocycles. The first-order chi connectivity index (χ1) is 11.2. The molecule has 122 valence electrons. The highest BCUT2D eigenvalue weighted by Crippen LogP contribution is 2.31. The fraction of sp³-hybridized carbons (Fsp3) is 0.412. The van der Waals surface area contributed by atoms with Crippen LogP contribution in [0, 0.1) is 0 Å². The van der Waals surface area contributed by atoms with Gasteiger partial charge in [-0.2, -0.15) is 0 Å². The van der Waals surface area contributed by atoms with Crippen LogP contribution in [0.1, 0.15) is 29.2 Å². The average molecular weight is 331 g/mol. The number of aromatic nitrogens is 1. The molecule has 1 aliphatic heterocycles. The third-order valence-corrected chi connectivity index (χ3v) is 5.11. The van der Waals surface area contributed by atoms with Gasteiger partial charge < -0.3 is 15.4 Å². The zero-order valence-corrected chi connectivity index (χ0v) is 14.0. The molecule has 5 nitrogen and oxygen atoms in total. The van der Waals surface area contributed by atoms with Crippen molar-refractivity contribution in [3.8, 4) is 5.75 Å². The van der Waals surface area contributed by atoms with Crippen LogP contribution in [0.5, 0.6) is 5.75 Å². The summed E-state index contributed by atoms with van der Waals surface area (Å²) in [5, 5.41) is 6.96. The molecule has 0 unspecified atom stereocenters. The second-order valence-corrected chi connectivity index (χ2v) is 6.73. The number of carbonyl (C=O) groups is 1. The highest BCUT2D eigenvalue weighted by molar-refractivity contribution is 7.15. The molecule has 0 spiro atoms. The van der Waals surface area contributed by atoms with Gasteiger partial charge in [-0.15, -0.1) is 11.3 Å². The van der Waals surface area contributed by atoms with Crippen LogP contribution in [0.15, 0.2) is 30.5 Å². The van der Waals surface area contributed by atoms with E-state index in [-0.39, 0.29) is 5.91 Å². The molecule has 2 N–H and O–H groups in total. The van der Waals surface area contributed by atoms with Gasteiger partial charge >= 0.3 is 0 Å². The van der Waals surface area contributed by atoms with E-state index in [1.54, 1.807) is 18.4 Å². The second-order valence-electron chi connectivity index (χ2n) is 5.67. The van der Waals surface area contributed by atoms with Gasteiger partial charge in [0.2, 0.25) is 5.91 Å². The molecule has 1 saturated heterocycles. The summed E-state index contributed by atoms with van der Waals surface area (Å²) in [6, 6.07) is 7.53. The van der Waals surface area contributed by atoms with E-state index in [9.17, 15) is 4.79 Å². The molecule has 0 bridgehead atoms. The van der Waals surface area contributed by atoms with Crippen molar-refractivity contribution in [2.45, 2.75) is 25.2 Å². The zero-order valence-electron chi connectivity index (χ0n) is 13.2. The third-order valence-electron chi connectivity index (χ3n) is 4.04. The van der Waals surface area contributed by atoms with Crippen molar-refractivity contribution in [2.24, 2.45) is 0 Å². The van der Waals surface area contributed by atoms with Gasteiger partial charge in [-0.3, -0.25) is 4.79 Å². The monoisotopic (exact) mass is 331 g/mol. The predicted octanol–water partition coefficient (Wildman–Crippen LogP) is 2.80. The SMILES string of the molecule is COc1ccc(CC(=O)Nc2ncc(C3CCNCC3)s2)cc1. The zero-order chi connectivity index (χ0) is 16.1. The van der Waals surface area contributed by atoms with Crippen molar-refractivity contribution in [1.82, 2.24) is 10.3 Å². The Balaban J connectivity index is 1.55. The van der Waals surface area contributed by atoms with E-state index >= 15 is 0 Å². The molecule has 1 amide bonds. The molecule has 3 rings (SSSR count). The van der Waals surface area contributed by atoms with Gasteiger partial charge in [0, 0.05) is 11.1 Å². The van der Waals surface area contributed by atoms with Crippen LogP contribution in [0.2, 0.25) is 0 Å². The number of ether oxygens (including phenoxy) is 1. The van der Waals surface area contributed by atoms with Gasteiger partial charge in [-0.05, 0) is 49.5 Å². The van der Waals surface area contributed by atoms with E-state index < -0.39 is 0 Å². The Morgan fingerprint density at radius 2 is 2.09 bits per heavy atom. The van der Waals surface area contributed by atoms with E-state index in [0.29, 0.717) is 17.5 Å². The van der Waals surface area contributed by atoms with Gasteiger partial charge in [-0.1, -0.05) is 12.1 Å². The topological polar surface area (TPSA) is 63.2 Å². The Morgan fingerprint density at radius 1 is 1.35 bits per heavy atom. The van der Waals surface area contributed by atoms with Gasteiger partial charge in [0.1, 0.15) is 5.75 Å². The third kappa shape index (κ3) is 4.30. The Kier molecular flexibility index (Phi) is 5.25. The minimum atomic E-state index is -0.0404. The van der Waals surface area contributed by atoms with Crippen LogP contribution < -0.4 is 15.4 Å². The van der Waals surface area contributed by atoms with Crippen molar-refractivity contribution in [2.75, 3.05) is 25.5 Å². The predicted molar refractivity (Wildman–Crippen MR) is 92.3 cm³/mol. The number of hydrogen-bond acceptors (Lipinski definition) is 5. The maximum absolute atomic E-state index is 12.1. The maximum atomic E-state index is 12.1. The van der Waals surface area contributed by atoms with Crippen molar-refractivity contribution in [1.29, 1.82) is 0 Å². The minimum Gasteiger partial charge on any atom is -0.497 e. The fourth-order valence-electron chi connectivity index (χ4n) is 2.73. The van der Waals surface area contributed by atoms with Crippen LogP contribution in [0.25, 0.3) is 0 Å². The van der Waals surface area contributed by atoms with Gasteiger partial charge in [0.25, 0.3) is 0 Å². The van der Waals surface area contributed by atoms with Crippen LogP contribution in [0.4, 0.5) is 5.13 Å². The Bertz CT molecular complexity index is 648. The van der Waals surface area contributed by atoms with Crippen molar-refractivity contribution < 1.29 is 9.53 Å². The lowest BCUT2D eigenvalue weighted by Crippen LogP contribution is -2.26. The number of amides is 1. The molecule has 1 aromatic heterocycles. The molecule has 1 fully saturated rings. The van der Waals surface area contributed by atoms with Gasteiger partial charge in [0.15, 0.2) is 5.13 Å². The van der Waals surface area contributed by atoms with E-state index in [1.165, 1.54) is 4.88 Å². The lowest BCUT2D eigenvalue weighted by Gasteiger charge is -2.20. The molecule has 0 radical (unpaired) electrons. The number of carbonyl (C=O) groups excluding carboxylic acids is 1. The van der Waals surface area contributed by atoms with Gasteiger partial charge in [0.05, 0.1) is 13.5 Å². The first-order valence-corrected chi connectivity index (χ1v) is 8.65. The summed E-state index contributed by atoms with van der Waals surface area (Å²) in [5.41, 5.74) is 0.957. The smallest absolute Gasteiger partial charge is 0.230 e.